The highest BCUT2D eigenvalue weighted by molar-refractivity contribution is 7.91. The van der Waals surface area contributed by atoms with Gasteiger partial charge >= 0.3 is 12.2 Å². The Bertz CT molecular complexity index is 465. The molecule has 0 saturated carbocycles. The highest BCUT2D eigenvalue weighted by Gasteiger charge is 2.10. The van der Waals surface area contributed by atoms with E-state index >= 15 is 0 Å². The second-order valence-electron chi connectivity index (χ2n) is 2.96. The maximum atomic E-state index is 12.5. The molecule has 17 heavy (non-hydrogen) atoms. The Balaban J connectivity index is 2.51. The van der Waals surface area contributed by atoms with Crippen molar-refractivity contribution in [1.82, 2.24) is 15.0 Å². The van der Waals surface area contributed by atoms with Crippen LogP contribution in [-0.4, -0.2) is 47.3 Å². The van der Waals surface area contributed by atoms with Gasteiger partial charge in [0, 0.05) is 12.4 Å². The average molecular weight is 287 g/mol. The minimum Gasteiger partial charge on any atom is -0.353 e. The lowest BCUT2D eigenvalue weighted by Gasteiger charge is -2.04. The van der Waals surface area contributed by atoms with Crippen LogP contribution in [-0.2, 0) is 9.84 Å². The molecule has 0 fully saturated rings. The Kier molecular flexibility index (Phi) is 4.94. The van der Waals surface area contributed by atoms with Gasteiger partial charge in [-0.05, 0) is 0 Å². The number of aromatic nitrogens is 3. The third kappa shape index (κ3) is 5.18. The van der Waals surface area contributed by atoms with E-state index in [4.69, 9.17) is 11.6 Å². The van der Waals surface area contributed by atoms with Crippen LogP contribution in [0.25, 0.3) is 0 Å². The molecule has 0 aliphatic heterocycles. The summed E-state index contributed by atoms with van der Waals surface area (Å²) in [7, 11) is -3.28. The van der Waals surface area contributed by atoms with Crippen molar-refractivity contribution in [3.63, 3.8) is 0 Å². The van der Waals surface area contributed by atoms with Crippen LogP contribution in [0.2, 0.25) is 0 Å². The molecular weight excluding hydrogens is 278 g/mol. The molecule has 10 heteroatoms. The Morgan fingerprint density at radius 2 is 1.71 bits per heavy atom. The first kappa shape index (κ1) is 14.0. The van der Waals surface area contributed by atoms with Crippen molar-refractivity contribution in [3.8, 4) is 0 Å². The van der Waals surface area contributed by atoms with Crippen molar-refractivity contribution in [3.05, 3.63) is 12.2 Å². The van der Waals surface area contributed by atoms with Crippen LogP contribution < -0.4 is 5.32 Å². The smallest absolute Gasteiger partial charge is 0.315 e. The summed E-state index contributed by atoms with van der Waals surface area (Å²) in [6.45, 7) is -0.0673. The number of anilines is 1. The van der Waals surface area contributed by atoms with Gasteiger partial charge in [-0.1, -0.05) is 0 Å². The summed E-state index contributed by atoms with van der Waals surface area (Å²) in [5.41, 5.74) is 0. The molecule has 1 aromatic rings. The fourth-order valence-corrected chi connectivity index (χ4v) is 2.50. The van der Waals surface area contributed by atoms with E-state index in [1.807, 2.05) is 0 Å². The van der Waals surface area contributed by atoms with Crippen molar-refractivity contribution in [2.75, 3.05) is 29.2 Å². The van der Waals surface area contributed by atoms with Gasteiger partial charge in [0.25, 0.3) is 0 Å². The lowest BCUT2D eigenvalue weighted by atomic mass is 10.7. The van der Waals surface area contributed by atoms with Crippen molar-refractivity contribution in [2.24, 2.45) is 0 Å². The summed E-state index contributed by atoms with van der Waals surface area (Å²) in [4.78, 5) is 8.97. The molecule has 0 spiro atoms. The Morgan fingerprint density at radius 1 is 1.12 bits per heavy atom. The van der Waals surface area contributed by atoms with Crippen LogP contribution in [0.3, 0.4) is 0 Å². The second kappa shape index (κ2) is 6.01. The van der Waals surface area contributed by atoms with Gasteiger partial charge in [-0.25, -0.2) is 8.42 Å². The van der Waals surface area contributed by atoms with Crippen molar-refractivity contribution >= 4 is 27.4 Å². The fraction of sp³-hybridized carbons (Fsp3) is 0.571. The van der Waals surface area contributed by atoms with E-state index in [0.717, 1.165) is 0 Å². The van der Waals surface area contributed by atoms with Crippen LogP contribution >= 0.6 is 11.6 Å². The van der Waals surface area contributed by atoms with Gasteiger partial charge in [0.1, 0.15) is 0 Å². The number of hydrogen-bond acceptors (Lipinski definition) is 6. The molecule has 0 aromatic carbocycles. The van der Waals surface area contributed by atoms with Crippen LogP contribution in [0.15, 0.2) is 0 Å². The summed E-state index contributed by atoms with van der Waals surface area (Å²) in [5, 5.41) is 2.38. The van der Waals surface area contributed by atoms with Gasteiger partial charge < -0.3 is 5.32 Å². The number of nitrogens with zero attached hydrogens (tertiary/aromatic N) is 3. The Morgan fingerprint density at radius 3 is 2.24 bits per heavy atom. The lowest BCUT2D eigenvalue weighted by Crippen LogP contribution is -2.20. The van der Waals surface area contributed by atoms with Gasteiger partial charge in [-0.15, -0.1) is 11.6 Å². The van der Waals surface area contributed by atoms with Crippen LogP contribution in [0, 0.1) is 12.2 Å². The molecule has 1 rings (SSSR count). The maximum absolute atomic E-state index is 12.5. The Labute approximate surface area is 101 Å². The fourth-order valence-electron chi connectivity index (χ4n) is 0.943. The van der Waals surface area contributed by atoms with Crippen molar-refractivity contribution in [1.29, 1.82) is 0 Å². The van der Waals surface area contributed by atoms with Gasteiger partial charge in [-0.2, -0.15) is 23.7 Å². The van der Waals surface area contributed by atoms with E-state index in [9.17, 15) is 17.2 Å². The first-order valence-corrected chi connectivity index (χ1v) is 6.86. The van der Waals surface area contributed by atoms with Crippen LogP contribution in [0.1, 0.15) is 0 Å². The number of nitrogens with one attached hydrogen (secondary N) is 1. The first-order valence-electron chi connectivity index (χ1n) is 4.50. The third-order valence-corrected chi connectivity index (χ3v) is 3.73. The molecule has 0 saturated heterocycles. The summed E-state index contributed by atoms with van der Waals surface area (Å²) in [6, 6.07) is 0. The molecule has 6 nitrogen and oxygen atoms in total. The molecule has 0 radical (unpaired) electrons. The summed E-state index contributed by atoms with van der Waals surface area (Å²) < 4.78 is 47.5. The zero-order valence-electron chi connectivity index (χ0n) is 8.53. The molecule has 0 atom stereocenters. The molecule has 0 aliphatic rings. The number of rotatable bonds is 6. The van der Waals surface area contributed by atoms with E-state index in [1.54, 1.807) is 0 Å². The summed E-state index contributed by atoms with van der Waals surface area (Å²) in [6.07, 6.45) is -2.55. The molecule has 0 aliphatic carbocycles. The topological polar surface area (TPSA) is 84.8 Å². The molecule has 1 aromatic heterocycles. The van der Waals surface area contributed by atoms with Crippen molar-refractivity contribution < 1.29 is 17.2 Å². The number of sulfone groups is 1. The minimum atomic E-state index is -3.28. The zero-order valence-corrected chi connectivity index (χ0v) is 10.1. The van der Waals surface area contributed by atoms with Gasteiger partial charge in [0.15, 0.2) is 9.84 Å². The quantitative estimate of drug-likeness (QED) is 0.753. The third-order valence-electron chi connectivity index (χ3n) is 1.67. The van der Waals surface area contributed by atoms with E-state index in [2.05, 4.69) is 20.3 Å². The van der Waals surface area contributed by atoms with Crippen LogP contribution in [0.5, 0.6) is 0 Å². The highest BCUT2D eigenvalue weighted by atomic mass is 35.5. The molecule has 1 heterocycles. The standard InChI is InChI=1S/C7H9ClF2N4O2S/c8-1-3-17(15,16)4-2-11-7-13-5(9)12-6(10)14-7/h1-4H2,(H,11,12,13,14). The van der Waals surface area contributed by atoms with E-state index < -0.39 is 22.0 Å². The Hall–Kier alpha value is -1.09. The number of hydrogen-bond donors (Lipinski definition) is 1. The molecule has 96 valence electrons. The highest BCUT2D eigenvalue weighted by Crippen LogP contribution is 1.99. The lowest BCUT2D eigenvalue weighted by molar-refractivity contribution is 0.457. The van der Waals surface area contributed by atoms with Crippen LogP contribution in [0.4, 0.5) is 14.7 Å². The monoisotopic (exact) mass is 286 g/mol. The summed E-state index contributed by atoms with van der Waals surface area (Å²) >= 11 is 5.29. The maximum Gasteiger partial charge on any atom is 0.315 e. The van der Waals surface area contributed by atoms with E-state index in [-0.39, 0.29) is 29.9 Å². The molecule has 0 amide bonds. The summed E-state index contributed by atoms with van der Waals surface area (Å²) in [5.74, 6) is -0.738. The van der Waals surface area contributed by atoms with Gasteiger partial charge in [0.2, 0.25) is 5.95 Å². The molecule has 0 unspecified atom stereocenters. The van der Waals surface area contributed by atoms with Gasteiger partial charge in [-0.3, -0.25) is 0 Å². The normalized spacial score (nSPS) is 11.5. The average Bonchev–Trinajstić information content (AvgIpc) is 2.15. The molecular formula is C7H9ClF2N4O2S. The molecule has 1 N–H and O–H groups in total. The largest absolute Gasteiger partial charge is 0.353 e. The number of halogens is 3. The predicted octanol–water partition coefficient (Wildman–Crippen LogP) is 0.215. The number of alkyl halides is 1. The minimum absolute atomic E-state index is 0.00263. The zero-order chi connectivity index (χ0) is 12.9. The van der Waals surface area contributed by atoms with Crippen molar-refractivity contribution in [2.45, 2.75) is 0 Å². The first-order chi connectivity index (χ1) is 7.93. The van der Waals surface area contributed by atoms with E-state index in [1.165, 1.54) is 0 Å². The SMILES string of the molecule is O=S(=O)(CCCl)CCNc1nc(F)nc(F)n1. The van der Waals surface area contributed by atoms with E-state index in [0.29, 0.717) is 0 Å². The second-order valence-corrected chi connectivity index (χ2v) is 5.65. The van der Waals surface area contributed by atoms with Gasteiger partial charge in [0.05, 0.1) is 11.5 Å². The predicted molar refractivity (Wildman–Crippen MR) is 57.6 cm³/mol. The molecule has 0 bridgehead atoms.